The van der Waals surface area contributed by atoms with E-state index in [-0.39, 0.29) is 10.7 Å². The van der Waals surface area contributed by atoms with E-state index in [4.69, 9.17) is 16.3 Å². The first kappa shape index (κ1) is 16.4. The van der Waals surface area contributed by atoms with Gasteiger partial charge in [-0.3, -0.25) is 5.32 Å². The average Bonchev–Trinajstić information content (AvgIpc) is 2.18. The molecule has 0 aliphatic carbocycles. The van der Waals surface area contributed by atoms with E-state index in [1.165, 1.54) is 12.1 Å². The van der Waals surface area contributed by atoms with Crippen molar-refractivity contribution in [2.45, 2.75) is 32.7 Å². The summed E-state index contributed by atoms with van der Waals surface area (Å²) in [5, 5.41) is 2.06. The molecule has 1 rings (SSSR count). The van der Waals surface area contributed by atoms with Crippen LogP contribution < -0.4 is 10.1 Å². The zero-order chi connectivity index (χ0) is 15.6. The van der Waals surface area contributed by atoms with Gasteiger partial charge in [0.2, 0.25) is 0 Å². The van der Waals surface area contributed by atoms with Gasteiger partial charge in [0.1, 0.15) is 11.4 Å². The summed E-state index contributed by atoms with van der Waals surface area (Å²) in [5.74, 6) is -0.604. The van der Waals surface area contributed by atoms with Crippen molar-refractivity contribution in [1.29, 1.82) is 0 Å². The Labute approximate surface area is 118 Å². The first-order valence-corrected chi connectivity index (χ1v) is 5.89. The third-order valence-electron chi connectivity index (χ3n) is 1.80. The Morgan fingerprint density at radius 1 is 1.25 bits per heavy atom. The van der Waals surface area contributed by atoms with E-state index >= 15 is 0 Å². The third kappa shape index (κ3) is 6.01. The molecule has 0 aliphatic heterocycles. The van der Waals surface area contributed by atoms with Gasteiger partial charge >= 0.3 is 12.5 Å². The van der Waals surface area contributed by atoms with Crippen molar-refractivity contribution in [1.82, 2.24) is 0 Å². The quantitative estimate of drug-likeness (QED) is 0.869. The number of rotatable bonds is 2. The molecule has 20 heavy (non-hydrogen) atoms. The number of ether oxygens (including phenoxy) is 2. The Morgan fingerprint density at radius 3 is 2.35 bits per heavy atom. The summed E-state index contributed by atoms with van der Waals surface area (Å²) in [5.41, 5.74) is -0.648. The molecule has 1 N–H and O–H groups in total. The lowest BCUT2D eigenvalue weighted by Gasteiger charge is -2.20. The minimum absolute atomic E-state index is 0.0721. The van der Waals surface area contributed by atoms with Crippen molar-refractivity contribution in [2.75, 3.05) is 5.32 Å². The van der Waals surface area contributed by atoms with Gasteiger partial charge in [-0.1, -0.05) is 11.6 Å². The van der Waals surface area contributed by atoms with Crippen molar-refractivity contribution < 1.29 is 27.4 Å². The van der Waals surface area contributed by atoms with Crippen LogP contribution in [-0.2, 0) is 4.74 Å². The summed E-state index contributed by atoms with van der Waals surface area (Å²) < 4.78 is 45.1. The van der Waals surface area contributed by atoms with Crippen LogP contribution in [0.15, 0.2) is 18.2 Å². The Balaban J connectivity index is 2.82. The molecule has 4 nitrogen and oxygen atoms in total. The van der Waals surface area contributed by atoms with Crippen molar-refractivity contribution >= 4 is 23.4 Å². The minimum atomic E-state index is -4.87. The summed E-state index contributed by atoms with van der Waals surface area (Å²) in [6.45, 7) is 4.98. The fourth-order valence-corrected chi connectivity index (χ4v) is 1.36. The summed E-state index contributed by atoms with van der Waals surface area (Å²) in [7, 11) is 0. The van der Waals surface area contributed by atoms with Crippen LogP contribution in [0, 0.1) is 0 Å². The molecule has 0 aliphatic rings. The second kappa shape index (κ2) is 5.78. The number of amides is 1. The second-order valence-corrected chi connectivity index (χ2v) is 5.23. The maximum absolute atomic E-state index is 12.1. The normalized spacial score (nSPS) is 11.9. The van der Waals surface area contributed by atoms with Crippen molar-refractivity contribution in [3.8, 4) is 5.75 Å². The van der Waals surface area contributed by atoms with E-state index in [0.29, 0.717) is 0 Å². The number of nitrogens with one attached hydrogen (secondary N) is 1. The van der Waals surface area contributed by atoms with E-state index in [0.717, 1.165) is 6.07 Å². The summed E-state index contributed by atoms with van der Waals surface area (Å²) in [4.78, 5) is 11.5. The Morgan fingerprint density at radius 2 is 1.85 bits per heavy atom. The molecule has 0 aromatic heterocycles. The van der Waals surface area contributed by atoms with Crippen molar-refractivity contribution in [3.63, 3.8) is 0 Å². The van der Waals surface area contributed by atoms with E-state index in [1.54, 1.807) is 20.8 Å². The number of carbonyl (C=O) groups excluding carboxylic acids is 1. The van der Waals surface area contributed by atoms with Crippen LogP contribution >= 0.6 is 11.6 Å². The summed E-state index contributed by atoms with van der Waals surface area (Å²) in [6.07, 6.45) is -5.66. The van der Waals surface area contributed by atoms with E-state index in [9.17, 15) is 18.0 Å². The number of hydrogen-bond acceptors (Lipinski definition) is 3. The Hall–Kier alpha value is -1.63. The molecule has 8 heteroatoms. The molecule has 0 radical (unpaired) electrons. The lowest BCUT2D eigenvalue weighted by Crippen LogP contribution is -2.27. The van der Waals surface area contributed by atoms with Gasteiger partial charge in [-0.05, 0) is 32.9 Å². The van der Waals surface area contributed by atoms with Gasteiger partial charge in [-0.2, -0.15) is 0 Å². The van der Waals surface area contributed by atoms with Gasteiger partial charge in [0.15, 0.2) is 0 Å². The largest absolute Gasteiger partial charge is 0.573 e. The van der Waals surface area contributed by atoms with Gasteiger partial charge < -0.3 is 9.47 Å². The molecule has 1 amide bonds. The lowest BCUT2D eigenvalue weighted by molar-refractivity contribution is -0.274. The highest BCUT2D eigenvalue weighted by Gasteiger charge is 2.32. The van der Waals surface area contributed by atoms with E-state index in [2.05, 4.69) is 10.1 Å². The Kier molecular flexibility index (Phi) is 4.75. The molecule has 1 aromatic rings. The molecule has 0 unspecified atom stereocenters. The fraction of sp³-hybridized carbons (Fsp3) is 0.417. The van der Waals surface area contributed by atoms with E-state index in [1.807, 2.05) is 0 Å². The maximum Gasteiger partial charge on any atom is 0.573 e. The zero-order valence-electron chi connectivity index (χ0n) is 11.0. The Bertz CT molecular complexity index is 498. The molecule has 0 fully saturated rings. The number of carbonyl (C=O) groups is 1. The molecule has 0 heterocycles. The lowest BCUT2D eigenvalue weighted by atomic mass is 10.2. The third-order valence-corrected chi connectivity index (χ3v) is 2.11. The summed E-state index contributed by atoms with van der Waals surface area (Å²) >= 11 is 5.58. The topological polar surface area (TPSA) is 47.6 Å². The predicted octanol–water partition coefficient (Wildman–Crippen LogP) is 4.59. The zero-order valence-corrected chi connectivity index (χ0v) is 11.7. The molecule has 0 saturated heterocycles. The number of benzene rings is 1. The number of alkyl halides is 3. The minimum Gasteiger partial charge on any atom is -0.444 e. The van der Waals surface area contributed by atoms with Crippen LogP contribution in [0.1, 0.15) is 20.8 Å². The first-order valence-electron chi connectivity index (χ1n) is 5.51. The second-order valence-electron chi connectivity index (χ2n) is 4.82. The summed E-state index contributed by atoms with van der Waals surface area (Å²) in [6, 6.07) is 3.46. The predicted molar refractivity (Wildman–Crippen MR) is 68.0 cm³/mol. The van der Waals surface area contributed by atoms with E-state index < -0.39 is 23.8 Å². The maximum atomic E-state index is 12.1. The molecule has 0 spiro atoms. The molecule has 1 aromatic carbocycles. The van der Waals surface area contributed by atoms with Crippen molar-refractivity contribution in [3.05, 3.63) is 23.2 Å². The molecule has 112 valence electrons. The fourth-order valence-electron chi connectivity index (χ4n) is 1.21. The van der Waals surface area contributed by atoms with Crippen LogP contribution in [0.25, 0.3) is 0 Å². The van der Waals surface area contributed by atoms with Crippen LogP contribution in [0.3, 0.4) is 0 Å². The van der Waals surface area contributed by atoms with Crippen LogP contribution in [-0.4, -0.2) is 18.1 Å². The monoisotopic (exact) mass is 311 g/mol. The molecular weight excluding hydrogens is 299 g/mol. The van der Waals surface area contributed by atoms with Crippen molar-refractivity contribution in [2.24, 2.45) is 0 Å². The average molecular weight is 312 g/mol. The molecule has 0 saturated carbocycles. The van der Waals surface area contributed by atoms with Gasteiger partial charge in [-0.25, -0.2) is 4.79 Å². The number of hydrogen-bond donors (Lipinski definition) is 1. The van der Waals surface area contributed by atoms with Gasteiger partial charge in [0.05, 0.1) is 5.02 Å². The number of anilines is 1. The van der Waals surface area contributed by atoms with Crippen LogP contribution in [0.5, 0.6) is 5.75 Å². The highest BCUT2D eigenvalue weighted by atomic mass is 35.5. The number of halogens is 4. The highest BCUT2D eigenvalue weighted by Crippen LogP contribution is 2.32. The smallest absolute Gasteiger partial charge is 0.444 e. The molecule has 0 bridgehead atoms. The standard InChI is InChI=1S/C12H13ClF3NO3/c1-11(2,3)20-10(18)17-7-4-5-8(13)9(6-7)19-12(14,15)16/h4-6H,1-3H3,(H,17,18). The van der Waals surface area contributed by atoms with Gasteiger partial charge in [0, 0.05) is 11.8 Å². The van der Waals surface area contributed by atoms with Gasteiger partial charge in [0.25, 0.3) is 0 Å². The molecular formula is C12H13ClF3NO3. The van der Waals surface area contributed by atoms with Crippen LogP contribution in [0.2, 0.25) is 5.02 Å². The molecule has 0 atom stereocenters. The first-order chi connectivity index (χ1) is 8.96. The van der Waals surface area contributed by atoms with Crippen LogP contribution in [0.4, 0.5) is 23.7 Å². The van der Waals surface area contributed by atoms with Gasteiger partial charge in [-0.15, -0.1) is 13.2 Å². The highest BCUT2D eigenvalue weighted by molar-refractivity contribution is 6.32. The SMILES string of the molecule is CC(C)(C)OC(=O)Nc1ccc(Cl)c(OC(F)(F)F)c1.